The Bertz CT molecular complexity index is 5970. The van der Waals surface area contributed by atoms with Crippen LogP contribution < -0.4 is 0 Å². The monoisotopic (exact) mass is 1270 g/mol. The first kappa shape index (κ1) is 59.7. The number of furan rings is 3. The largest absolute Gasteiger partial charge is 0.456 e. The normalized spacial score (nSPS) is 11.0. The van der Waals surface area contributed by atoms with E-state index in [1.54, 1.807) is 49.1 Å². The lowest BCUT2D eigenvalue weighted by atomic mass is 10.0. The topological polar surface area (TPSA) is 188 Å². The number of fused-ring (bicyclic) bond motifs is 9. The van der Waals surface area contributed by atoms with Crippen LogP contribution in [0.4, 0.5) is 0 Å². The van der Waals surface area contributed by atoms with Gasteiger partial charge in [0, 0.05) is 91.1 Å². The molecule has 0 N–H and O–H groups in total. The SMILES string of the molecule is N#Cc1cc(-c2cccc(-c3ccc4c(c3)oc3cc(-c5ccccc5)ccc34)n2)ccn1.N#Cc1ccnc(-c2ccc(-c3ccc4c(c3)oc3cc(-c5ccccc5)ccc34)cn2)c1.N#Cc1cncc(-c2cccc(-c3ccc4c(c3)oc3cc(-c5ccccc5)ccc34)n2)c1. The first-order chi connectivity index (χ1) is 48.8. The number of hydrogen-bond donors (Lipinski definition) is 0. The molecule has 0 spiro atoms. The van der Waals surface area contributed by atoms with E-state index in [4.69, 9.17) is 39.0 Å². The van der Waals surface area contributed by atoms with Gasteiger partial charge in [0.1, 0.15) is 51.3 Å². The molecule has 0 aliphatic rings. The van der Waals surface area contributed by atoms with Gasteiger partial charge in [-0.15, -0.1) is 0 Å². The highest BCUT2D eigenvalue weighted by molar-refractivity contribution is 6.09. The number of rotatable bonds is 9. The van der Waals surface area contributed by atoms with Crippen LogP contribution in [0.5, 0.6) is 0 Å². The summed E-state index contributed by atoms with van der Waals surface area (Å²) in [6.07, 6.45) is 8.35. The molecule has 9 aromatic carbocycles. The Hall–Kier alpha value is -14.3. The predicted molar refractivity (Wildman–Crippen MR) is 391 cm³/mol. The molecule has 18 rings (SSSR count). The fourth-order valence-corrected chi connectivity index (χ4v) is 12.4. The van der Waals surface area contributed by atoms with Gasteiger partial charge in [0.2, 0.25) is 0 Å². The lowest BCUT2D eigenvalue weighted by Crippen LogP contribution is -1.89. The maximum absolute atomic E-state index is 9.16. The minimum atomic E-state index is 0.373. The van der Waals surface area contributed by atoms with Crippen LogP contribution >= 0.6 is 0 Å². The summed E-state index contributed by atoms with van der Waals surface area (Å²) in [5, 5.41) is 34.0. The number of pyridine rings is 6. The van der Waals surface area contributed by atoms with Crippen molar-refractivity contribution in [2.24, 2.45) is 0 Å². The third-order valence-electron chi connectivity index (χ3n) is 17.4. The van der Waals surface area contributed by atoms with E-state index in [2.05, 4.69) is 172 Å². The molecule has 9 aromatic heterocycles. The molecule has 0 amide bonds. The van der Waals surface area contributed by atoms with Crippen LogP contribution in [0, 0.1) is 34.0 Å². The number of nitrogens with zero attached hydrogens (tertiary/aromatic N) is 9. The van der Waals surface area contributed by atoms with Crippen LogP contribution in [0.1, 0.15) is 16.8 Å². The second kappa shape index (κ2) is 26.3. The Morgan fingerprint density at radius 1 is 0.232 bits per heavy atom. The van der Waals surface area contributed by atoms with Crippen molar-refractivity contribution < 1.29 is 13.3 Å². The summed E-state index contributed by atoms with van der Waals surface area (Å²) in [6, 6.07) is 99.5. The Morgan fingerprint density at radius 3 is 1.05 bits per heavy atom. The summed E-state index contributed by atoms with van der Waals surface area (Å²) in [7, 11) is 0. The van der Waals surface area contributed by atoms with E-state index in [-0.39, 0.29) is 0 Å². The maximum Gasteiger partial charge on any atom is 0.141 e. The number of aromatic nitrogens is 6. The Labute approximate surface area is 567 Å². The van der Waals surface area contributed by atoms with Crippen molar-refractivity contribution >= 4 is 65.8 Å². The molecule has 462 valence electrons. The second-order valence-corrected chi connectivity index (χ2v) is 23.6. The van der Waals surface area contributed by atoms with Gasteiger partial charge in [-0.1, -0.05) is 146 Å². The minimum absolute atomic E-state index is 0.373. The molecule has 99 heavy (non-hydrogen) atoms. The van der Waals surface area contributed by atoms with Crippen LogP contribution in [0.2, 0.25) is 0 Å². The van der Waals surface area contributed by atoms with Crippen LogP contribution in [0.15, 0.2) is 323 Å². The molecule has 0 saturated heterocycles. The highest BCUT2D eigenvalue weighted by Crippen LogP contribution is 2.39. The van der Waals surface area contributed by atoms with Crippen molar-refractivity contribution in [1.29, 1.82) is 15.8 Å². The summed E-state index contributed by atoms with van der Waals surface area (Å²) in [5.74, 6) is 0. The van der Waals surface area contributed by atoms with E-state index in [0.29, 0.717) is 22.5 Å². The first-order valence-electron chi connectivity index (χ1n) is 31.9. The summed E-state index contributed by atoms with van der Waals surface area (Å²) in [6.45, 7) is 0. The predicted octanol–water partition coefficient (Wildman–Crippen LogP) is 21.7. The molecule has 0 aliphatic carbocycles. The average Bonchev–Trinajstić information content (AvgIpc) is 1.90. The zero-order chi connectivity index (χ0) is 66.6. The Kier molecular flexibility index (Phi) is 15.9. The number of nitriles is 3. The smallest absolute Gasteiger partial charge is 0.141 e. The van der Waals surface area contributed by atoms with E-state index in [1.807, 2.05) is 128 Å². The molecule has 12 heteroatoms. The molecule has 0 saturated carbocycles. The quantitative estimate of drug-likeness (QED) is 0.133. The molecule has 0 atom stereocenters. The van der Waals surface area contributed by atoms with Gasteiger partial charge >= 0.3 is 0 Å². The van der Waals surface area contributed by atoms with E-state index >= 15 is 0 Å². The molecular formula is C87H51N9O3. The van der Waals surface area contributed by atoms with Gasteiger partial charge in [0.25, 0.3) is 0 Å². The third-order valence-corrected chi connectivity index (χ3v) is 17.4. The zero-order valence-electron chi connectivity index (χ0n) is 52.7. The molecule has 12 nitrogen and oxygen atoms in total. The van der Waals surface area contributed by atoms with Crippen molar-refractivity contribution in [2.45, 2.75) is 0 Å². The summed E-state index contributed by atoms with van der Waals surface area (Å²) in [5.41, 5.74) is 23.8. The van der Waals surface area contributed by atoms with Gasteiger partial charge in [-0.25, -0.2) is 15.0 Å². The molecular weight excluding hydrogens is 1220 g/mol. The van der Waals surface area contributed by atoms with E-state index in [1.165, 1.54) is 5.56 Å². The highest BCUT2D eigenvalue weighted by atomic mass is 16.3. The summed E-state index contributed by atoms with van der Waals surface area (Å²) in [4.78, 5) is 26.7. The third kappa shape index (κ3) is 12.3. The van der Waals surface area contributed by atoms with Gasteiger partial charge in [0.15, 0.2) is 0 Å². The molecule has 0 unspecified atom stereocenters. The highest BCUT2D eigenvalue weighted by Gasteiger charge is 2.16. The van der Waals surface area contributed by atoms with E-state index in [9.17, 15) is 0 Å². The standard InChI is InChI=1S/3C29H17N3O/c30-16-19-13-23(18-31-17-19)27-8-4-7-26(32-27)22-10-12-25-24-11-9-21(20-5-2-1-3-6-20)14-28(24)33-29(25)15-22;30-18-23-15-22(13-14-31-23)27-8-4-7-26(32-27)21-10-12-25-24-11-9-20(19-5-2-1-3-6-19)16-28(24)33-29(25)17-21;30-17-19-12-13-31-27(14-19)26-11-8-23(18-32-26)22-7-10-25-24-9-6-21(20-4-2-1-3-5-20)15-28(24)33-29(25)16-22/h1-15,17-18H;1-17H;1-16,18H. The van der Waals surface area contributed by atoms with Gasteiger partial charge in [-0.3, -0.25) is 15.0 Å². The van der Waals surface area contributed by atoms with Crippen LogP contribution in [0.25, 0.3) is 167 Å². The molecule has 0 fully saturated rings. The van der Waals surface area contributed by atoms with Crippen LogP contribution in [-0.4, -0.2) is 29.9 Å². The maximum atomic E-state index is 9.16. The van der Waals surface area contributed by atoms with Crippen molar-refractivity contribution in [3.8, 4) is 119 Å². The van der Waals surface area contributed by atoms with Gasteiger partial charge < -0.3 is 13.3 Å². The van der Waals surface area contributed by atoms with Crippen molar-refractivity contribution in [1.82, 2.24) is 29.9 Å². The molecule has 0 aliphatic heterocycles. The van der Waals surface area contributed by atoms with Crippen molar-refractivity contribution in [2.75, 3.05) is 0 Å². The Balaban J connectivity index is 0.000000116. The van der Waals surface area contributed by atoms with Gasteiger partial charge in [-0.05, 0) is 172 Å². The lowest BCUT2D eigenvalue weighted by molar-refractivity contribution is 0.669. The lowest BCUT2D eigenvalue weighted by Gasteiger charge is -2.05. The molecule has 9 heterocycles. The molecule has 0 radical (unpaired) electrons. The summed E-state index contributed by atoms with van der Waals surface area (Å²) >= 11 is 0. The minimum Gasteiger partial charge on any atom is -0.456 e. The van der Waals surface area contributed by atoms with Crippen LogP contribution in [-0.2, 0) is 0 Å². The fourth-order valence-electron chi connectivity index (χ4n) is 12.4. The number of benzene rings is 9. The average molecular weight is 1270 g/mol. The molecule has 0 bridgehead atoms. The first-order valence-corrected chi connectivity index (χ1v) is 31.9. The van der Waals surface area contributed by atoms with Gasteiger partial charge in [0.05, 0.1) is 51.4 Å². The van der Waals surface area contributed by atoms with Gasteiger partial charge in [-0.2, -0.15) is 15.8 Å². The van der Waals surface area contributed by atoms with E-state index in [0.717, 1.165) is 155 Å². The van der Waals surface area contributed by atoms with E-state index < -0.39 is 0 Å². The number of hydrogen-bond acceptors (Lipinski definition) is 12. The fraction of sp³-hybridized carbons (Fsp3) is 0. The molecule has 18 aromatic rings. The van der Waals surface area contributed by atoms with Crippen molar-refractivity contribution in [3.63, 3.8) is 0 Å². The zero-order valence-corrected chi connectivity index (χ0v) is 52.7. The second-order valence-electron chi connectivity index (χ2n) is 23.6. The van der Waals surface area contributed by atoms with Crippen LogP contribution in [0.3, 0.4) is 0 Å². The Morgan fingerprint density at radius 2 is 0.626 bits per heavy atom. The summed E-state index contributed by atoms with van der Waals surface area (Å²) < 4.78 is 18.7. The van der Waals surface area contributed by atoms with Crippen molar-refractivity contribution in [3.05, 3.63) is 327 Å².